The molecule has 1 fully saturated rings. The van der Waals surface area contributed by atoms with Gasteiger partial charge in [0, 0.05) is 19.7 Å². The van der Waals surface area contributed by atoms with Gasteiger partial charge in [0.2, 0.25) is 0 Å². The van der Waals surface area contributed by atoms with Crippen molar-refractivity contribution in [2.45, 2.75) is 32.8 Å². The number of carboxylic acid groups (broad SMARTS) is 1. The summed E-state index contributed by atoms with van der Waals surface area (Å²) in [5.41, 5.74) is -0.745. The van der Waals surface area contributed by atoms with Crippen LogP contribution in [-0.2, 0) is 14.3 Å². The van der Waals surface area contributed by atoms with Crippen LogP contribution in [0, 0.1) is 5.41 Å². The van der Waals surface area contributed by atoms with Crippen molar-refractivity contribution in [1.82, 2.24) is 4.90 Å². The van der Waals surface area contributed by atoms with Gasteiger partial charge in [-0.1, -0.05) is 0 Å². The van der Waals surface area contributed by atoms with Crippen LogP contribution >= 0.6 is 0 Å². The highest BCUT2D eigenvalue weighted by molar-refractivity contribution is 5.75. The van der Waals surface area contributed by atoms with E-state index in [1.165, 1.54) is 0 Å². The molecule has 1 N–H and O–H groups in total. The Hall–Kier alpha value is -0.650. The number of likely N-dealkylation sites (N-methyl/N-ethyl adjacent to an activating group) is 1. The Kier molecular flexibility index (Phi) is 6.05. The summed E-state index contributed by atoms with van der Waals surface area (Å²) >= 11 is 0. The van der Waals surface area contributed by atoms with Crippen molar-refractivity contribution in [2.24, 2.45) is 5.41 Å². The minimum absolute atomic E-state index is 0.213. The number of hydrogen-bond donors (Lipinski definition) is 1. The fourth-order valence-corrected chi connectivity index (χ4v) is 2.25. The van der Waals surface area contributed by atoms with Gasteiger partial charge in [0.25, 0.3) is 0 Å². The number of nitrogens with zero attached hydrogens (tertiary/aromatic N) is 1. The van der Waals surface area contributed by atoms with E-state index in [0.717, 1.165) is 13.0 Å². The molecule has 1 unspecified atom stereocenters. The molecule has 0 aromatic rings. The maximum absolute atomic E-state index is 11.5. The van der Waals surface area contributed by atoms with E-state index in [2.05, 4.69) is 0 Å². The zero-order chi connectivity index (χ0) is 13.6. The Morgan fingerprint density at radius 3 is 2.78 bits per heavy atom. The number of rotatable bonds is 7. The maximum atomic E-state index is 11.5. The molecular formula is C13H25NO4. The molecule has 106 valence electrons. The van der Waals surface area contributed by atoms with Crippen molar-refractivity contribution in [2.75, 3.05) is 40.0 Å². The average molecular weight is 259 g/mol. The first-order valence-electron chi connectivity index (χ1n) is 6.57. The van der Waals surface area contributed by atoms with E-state index in [4.69, 9.17) is 9.47 Å². The second kappa shape index (κ2) is 7.07. The van der Waals surface area contributed by atoms with Crippen molar-refractivity contribution in [3.05, 3.63) is 0 Å². The van der Waals surface area contributed by atoms with Crippen molar-refractivity contribution in [3.63, 3.8) is 0 Å². The molecule has 0 bridgehead atoms. The van der Waals surface area contributed by atoms with Crippen LogP contribution in [0.15, 0.2) is 0 Å². The molecule has 0 saturated carbocycles. The van der Waals surface area contributed by atoms with Crippen LogP contribution in [0.2, 0.25) is 0 Å². The van der Waals surface area contributed by atoms with E-state index in [1.54, 1.807) is 0 Å². The lowest BCUT2D eigenvalue weighted by molar-refractivity contribution is -0.159. The van der Waals surface area contributed by atoms with Crippen LogP contribution in [0.3, 0.4) is 0 Å². The van der Waals surface area contributed by atoms with Gasteiger partial charge in [-0.15, -0.1) is 0 Å². The van der Waals surface area contributed by atoms with E-state index in [0.29, 0.717) is 32.8 Å². The first-order valence-corrected chi connectivity index (χ1v) is 6.57. The van der Waals surface area contributed by atoms with Gasteiger partial charge < -0.3 is 19.5 Å². The van der Waals surface area contributed by atoms with Crippen LogP contribution in [0.25, 0.3) is 0 Å². The smallest absolute Gasteiger partial charge is 0.313 e. The molecule has 0 aliphatic carbocycles. The Morgan fingerprint density at radius 2 is 2.28 bits per heavy atom. The number of hydrogen-bond acceptors (Lipinski definition) is 4. The number of ether oxygens (including phenoxy) is 2. The van der Waals surface area contributed by atoms with Gasteiger partial charge >= 0.3 is 5.97 Å². The summed E-state index contributed by atoms with van der Waals surface area (Å²) in [5.74, 6) is -0.751. The maximum Gasteiger partial charge on any atom is 0.313 e. The topological polar surface area (TPSA) is 59.0 Å². The molecule has 1 saturated heterocycles. The number of aliphatic carboxylic acids is 1. The van der Waals surface area contributed by atoms with Crippen LogP contribution in [0.5, 0.6) is 0 Å². The number of carboxylic acids is 1. The van der Waals surface area contributed by atoms with Crippen LogP contribution in [-0.4, -0.2) is 62.0 Å². The molecule has 1 aliphatic rings. The molecule has 0 aromatic heterocycles. The molecule has 1 rings (SSSR count). The van der Waals surface area contributed by atoms with E-state index < -0.39 is 11.4 Å². The molecule has 0 aromatic carbocycles. The van der Waals surface area contributed by atoms with Gasteiger partial charge in [-0.3, -0.25) is 4.79 Å². The third kappa shape index (κ3) is 4.55. The molecule has 1 aliphatic heterocycles. The summed E-state index contributed by atoms with van der Waals surface area (Å²) in [4.78, 5) is 13.5. The van der Waals surface area contributed by atoms with E-state index in [-0.39, 0.29) is 6.10 Å². The SMILES string of the molecule is CC(C)OCCN(C)CC1(C(=O)O)CCCOC1. The monoisotopic (exact) mass is 259 g/mol. The van der Waals surface area contributed by atoms with Gasteiger partial charge in [0.1, 0.15) is 5.41 Å². The first-order chi connectivity index (χ1) is 8.46. The highest BCUT2D eigenvalue weighted by Gasteiger charge is 2.41. The molecular weight excluding hydrogens is 234 g/mol. The molecule has 1 heterocycles. The fourth-order valence-electron chi connectivity index (χ4n) is 2.25. The zero-order valence-electron chi connectivity index (χ0n) is 11.6. The second-order valence-electron chi connectivity index (χ2n) is 5.40. The Labute approximate surface area is 109 Å². The number of carbonyl (C=O) groups is 1. The minimum Gasteiger partial charge on any atom is -0.481 e. The van der Waals surface area contributed by atoms with E-state index >= 15 is 0 Å². The lowest BCUT2D eigenvalue weighted by Crippen LogP contribution is -2.48. The van der Waals surface area contributed by atoms with E-state index in [1.807, 2.05) is 25.8 Å². The molecule has 18 heavy (non-hydrogen) atoms. The molecule has 5 heteroatoms. The molecule has 5 nitrogen and oxygen atoms in total. The van der Waals surface area contributed by atoms with Crippen molar-refractivity contribution in [1.29, 1.82) is 0 Å². The highest BCUT2D eigenvalue weighted by Crippen LogP contribution is 2.29. The summed E-state index contributed by atoms with van der Waals surface area (Å²) in [5, 5.41) is 9.41. The summed E-state index contributed by atoms with van der Waals surface area (Å²) < 4.78 is 10.8. The molecule has 0 radical (unpaired) electrons. The van der Waals surface area contributed by atoms with E-state index in [9.17, 15) is 9.90 Å². The third-order valence-electron chi connectivity index (χ3n) is 3.27. The van der Waals surface area contributed by atoms with Crippen LogP contribution < -0.4 is 0 Å². The van der Waals surface area contributed by atoms with Gasteiger partial charge in [0.05, 0.1) is 19.3 Å². The fraction of sp³-hybridized carbons (Fsp3) is 0.923. The molecule has 0 spiro atoms. The minimum atomic E-state index is -0.751. The Bertz CT molecular complexity index is 262. The van der Waals surface area contributed by atoms with Crippen molar-refractivity contribution >= 4 is 5.97 Å². The summed E-state index contributed by atoms with van der Waals surface area (Å²) in [6.45, 7) is 6.87. The van der Waals surface area contributed by atoms with Gasteiger partial charge in [0.15, 0.2) is 0 Å². The van der Waals surface area contributed by atoms with Crippen molar-refractivity contribution in [3.8, 4) is 0 Å². The predicted molar refractivity (Wildman–Crippen MR) is 68.7 cm³/mol. The normalized spacial score (nSPS) is 24.7. The average Bonchev–Trinajstić information content (AvgIpc) is 2.29. The molecule has 1 atom stereocenters. The molecule has 0 amide bonds. The lowest BCUT2D eigenvalue weighted by Gasteiger charge is -2.36. The summed E-state index contributed by atoms with van der Waals surface area (Å²) in [6, 6.07) is 0. The summed E-state index contributed by atoms with van der Waals surface area (Å²) in [7, 11) is 1.93. The van der Waals surface area contributed by atoms with Crippen LogP contribution in [0.4, 0.5) is 0 Å². The first kappa shape index (κ1) is 15.4. The summed E-state index contributed by atoms with van der Waals surface area (Å²) in [6.07, 6.45) is 1.73. The van der Waals surface area contributed by atoms with Gasteiger partial charge in [-0.05, 0) is 33.7 Å². The Balaban J connectivity index is 2.43. The zero-order valence-corrected chi connectivity index (χ0v) is 11.6. The highest BCUT2D eigenvalue weighted by atomic mass is 16.5. The van der Waals surface area contributed by atoms with Crippen LogP contribution in [0.1, 0.15) is 26.7 Å². The quantitative estimate of drug-likeness (QED) is 0.745. The van der Waals surface area contributed by atoms with Gasteiger partial charge in [-0.2, -0.15) is 0 Å². The lowest BCUT2D eigenvalue weighted by atomic mass is 9.82. The third-order valence-corrected chi connectivity index (χ3v) is 3.27. The second-order valence-corrected chi connectivity index (χ2v) is 5.40. The largest absolute Gasteiger partial charge is 0.481 e. The Morgan fingerprint density at radius 1 is 1.56 bits per heavy atom. The van der Waals surface area contributed by atoms with Gasteiger partial charge in [-0.25, -0.2) is 0 Å². The predicted octanol–water partition coefficient (Wildman–Crippen LogP) is 1.22. The standard InChI is InChI=1S/C13H25NO4/c1-11(2)18-8-6-14(3)9-13(12(15)16)5-4-7-17-10-13/h11H,4-10H2,1-3H3,(H,15,16). The van der Waals surface area contributed by atoms with Crippen molar-refractivity contribution < 1.29 is 19.4 Å².